The Balaban J connectivity index is 1.73. The smallest absolute Gasteiger partial charge is 0.305 e. The molecule has 11 nitrogen and oxygen atoms in total. The minimum atomic E-state index is -3.90. The first-order valence-corrected chi connectivity index (χ1v) is 12.0. The number of nitrogens with zero attached hydrogens (tertiary/aromatic N) is 4. The fourth-order valence-electron chi connectivity index (χ4n) is 3.81. The van der Waals surface area contributed by atoms with Crippen molar-refractivity contribution in [3.05, 3.63) is 59.2 Å². The lowest BCUT2D eigenvalue weighted by Crippen LogP contribution is -2.48. The van der Waals surface area contributed by atoms with Gasteiger partial charge in [-0.15, -0.1) is 0 Å². The molecular formula is C22H23FN6O5S. The van der Waals surface area contributed by atoms with E-state index in [4.69, 9.17) is 0 Å². The Morgan fingerprint density at radius 3 is 2.71 bits per heavy atom. The first-order chi connectivity index (χ1) is 16.6. The third kappa shape index (κ3) is 4.47. The number of anilines is 1. The maximum atomic E-state index is 13.6. The minimum Gasteiger partial charge on any atom is -0.504 e. The molecule has 35 heavy (non-hydrogen) atoms. The van der Waals surface area contributed by atoms with Gasteiger partial charge >= 0.3 is 10.2 Å². The topological polar surface area (TPSA) is 145 Å². The van der Waals surface area contributed by atoms with Gasteiger partial charge in [-0.1, -0.05) is 6.07 Å². The lowest BCUT2D eigenvalue weighted by atomic mass is 10.1. The lowest BCUT2D eigenvalue weighted by molar-refractivity contribution is 0.0934. The quantitative estimate of drug-likeness (QED) is 0.475. The zero-order chi connectivity index (χ0) is 25.3. The normalized spacial score (nSPS) is 15.7. The number of fused-ring (bicyclic) bond motifs is 1. The highest BCUT2D eigenvalue weighted by molar-refractivity contribution is 7.90. The summed E-state index contributed by atoms with van der Waals surface area (Å²) < 4.78 is 41.8. The van der Waals surface area contributed by atoms with Crippen LogP contribution in [0.4, 0.5) is 10.2 Å². The van der Waals surface area contributed by atoms with E-state index in [2.05, 4.69) is 20.6 Å². The number of hydrogen-bond acceptors (Lipinski definition) is 7. The van der Waals surface area contributed by atoms with Gasteiger partial charge in [0.2, 0.25) is 0 Å². The fraction of sp³-hybridized carbons (Fsp3) is 0.273. The molecule has 4 rings (SSSR count). The number of pyridine rings is 2. The molecular weight excluding hydrogens is 479 g/mol. The van der Waals surface area contributed by atoms with Gasteiger partial charge in [-0.2, -0.15) is 12.7 Å². The second-order valence-electron chi connectivity index (χ2n) is 7.85. The van der Waals surface area contributed by atoms with Crippen molar-refractivity contribution in [1.29, 1.82) is 0 Å². The Morgan fingerprint density at radius 1 is 1.20 bits per heavy atom. The van der Waals surface area contributed by atoms with E-state index in [0.717, 1.165) is 16.4 Å². The Morgan fingerprint density at radius 2 is 1.97 bits per heavy atom. The average Bonchev–Trinajstić information content (AvgIpc) is 2.85. The SMILES string of the molecule is CNC(=O)c1cc(F)ccc1CNC(=O)c1nc(N2CCCN(C)S2(=O)=O)c2cccnc2c1O. The van der Waals surface area contributed by atoms with E-state index in [1.807, 2.05) is 0 Å². The molecule has 3 aromatic rings. The first kappa shape index (κ1) is 24.3. The van der Waals surface area contributed by atoms with Gasteiger partial charge in [-0.05, 0) is 36.2 Å². The second kappa shape index (κ2) is 9.43. The third-order valence-electron chi connectivity index (χ3n) is 5.66. The van der Waals surface area contributed by atoms with E-state index >= 15 is 0 Å². The average molecular weight is 503 g/mol. The summed E-state index contributed by atoms with van der Waals surface area (Å²) in [6.07, 6.45) is 1.94. The van der Waals surface area contributed by atoms with Crippen LogP contribution in [0.25, 0.3) is 10.9 Å². The molecule has 1 aliphatic rings. The molecule has 0 atom stereocenters. The zero-order valence-corrected chi connectivity index (χ0v) is 19.8. The molecule has 0 unspecified atom stereocenters. The largest absolute Gasteiger partial charge is 0.504 e. The summed E-state index contributed by atoms with van der Waals surface area (Å²) >= 11 is 0. The molecule has 184 valence electrons. The van der Waals surface area contributed by atoms with Crippen LogP contribution in [0, 0.1) is 5.82 Å². The minimum absolute atomic E-state index is 0.0129. The van der Waals surface area contributed by atoms with E-state index in [9.17, 15) is 27.5 Å². The number of rotatable bonds is 5. The Bertz CT molecular complexity index is 1430. The number of carbonyl (C=O) groups is 2. The van der Waals surface area contributed by atoms with Gasteiger partial charge < -0.3 is 15.7 Å². The summed E-state index contributed by atoms with van der Waals surface area (Å²) in [5, 5.41) is 16.0. The number of nitrogens with one attached hydrogen (secondary N) is 2. The van der Waals surface area contributed by atoms with Crippen LogP contribution in [0.1, 0.15) is 32.8 Å². The van der Waals surface area contributed by atoms with Crippen molar-refractivity contribution in [3.63, 3.8) is 0 Å². The molecule has 1 aliphatic heterocycles. The van der Waals surface area contributed by atoms with Gasteiger partial charge in [0, 0.05) is 50.9 Å². The molecule has 0 bridgehead atoms. The molecule has 3 heterocycles. The summed E-state index contributed by atoms with van der Waals surface area (Å²) in [5.41, 5.74) is -0.0524. The van der Waals surface area contributed by atoms with E-state index in [-0.39, 0.29) is 35.4 Å². The van der Waals surface area contributed by atoms with Crippen LogP contribution in [0.2, 0.25) is 0 Å². The van der Waals surface area contributed by atoms with Crippen molar-refractivity contribution in [3.8, 4) is 5.75 Å². The standard InChI is InChI=1S/C22H23FN6O5S/c1-24-21(31)16-11-14(23)7-6-13(16)12-26-22(32)18-19(30)17-15(5-3-8-25-17)20(27-18)29-10-4-9-28(2)35(29,33)34/h3,5-8,11,30H,4,9-10,12H2,1-2H3,(H,24,31)(H,26,32). The third-order valence-corrected chi connectivity index (χ3v) is 7.54. The molecule has 13 heteroatoms. The number of aromatic nitrogens is 2. The van der Waals surface area contributed by atoms with Gasteiger partial charge in [0.05, 0.1) is 0 Å². The van der Waals surface area contributed by atoms with Crippen LogP contribution in [-0.4, -0.2) is 66.8 Å². The summed E-state index contributed by atoms with van der Waals surface area (Å²) in [7, 11) is -1.05. The van der Waals surface area contributed by atoms with E-state index in [0.29, 0.717) is 18.5 Å². The summed E-state index contributed by atoms with van der Waals surface area (Å²) in [4.78, 5) is 33.5. The monoisotopic (exact) mass is 502 g/mol. The highest BCUT2D eigenvalue weighted by Gasteiger charge is 2.34. The molecule has 0 aliphatic carbocycles. The van der Waals surface area contributed by atoms with Crippen molar-refractivity contribution in [1.82, 2.24) is 24.9 Å². The van der Waals surface area contributed by atoms with Crippen molar-refractivity contribution < 1.29 is 27.5 Å². The molecule has 1 aromatic carbocycles. The van der Waals surface area contributed by atoms with Crippen LogP contribution in [0.15, 0.2) is 36.5 Å². The van der Waals surface area contributed by atoms with Crippen LogP contribution in [0.5, 0.6) is 5.75 Å². The Labute approximate surface area is 200 Å². The zero-order valence-electron chi connectivity index (χ0n) is 18.9. The van der Waals surface area contributed by atoms with Crippen molar-refractivity contribution in [2.24, 2.45) is 0 Å². The number of hydrogen-bond donors (Lipinski definition) is 3. The predicted molar refractivity (Wildman–Crippen MR) is 126 cm³/mol. The van der Waals surface area contributed by atoms with E-state index < -0.39 is 39.3 Å². The molecule has 1 fully saturated rings. The van der Waals surface area contributed by atoms with E-state index in [1.54, 1.807) is 12.1 Å². The van der Waals surface area contributed by atoms with Gasteiger partial charge in [0.15, 0.2) is 17.3 Å². The molecule has 2 aromatic heterocycles. The predicted octanol–water partition coefficient (Wildman–Crippen LogP) is 1.15. The van der Waals surface area contributed by atoms with Gasteiger partial charge in [-0.25, -0.2) is 13.7 Å². The molecule has 3 N–H and O–H groups in total. The number of carbonyl (C=O) groups excluding carboxylic acids is 2. The number of amides is 2. The molecule has 0 spiro atoms. The highest BCUT2D eigenvalue weighted by atomic mass is 32.2. The lowest BCUT2D eigenvalue weighted by Gasteiger charge is -2.33. The van der Waals surface area contributed by atoms with Crippen molar-refractivity contribution in [2.45, 2.75) is 13.0 Å². The van der Waals surface area contributed by atoms with Gasteiger partial charge in [-0.3, -0.25) is 14.6 Å². The maximum Gasteiger partial charge on any atom is 0.305 e. The maximum absolute atomic E-state index is 13.6. The Hall–Kier alpha value is -3.84. The number of aromatic hydroxyl groups is 1. The van der Waals surface area contributed by atoms with Crippen LogP contribution >= 0.6 is 0 Å². The summed E-state index contributed by atoms with van der Waals surface area (Å²) in [6.45, 7) is 0.301. The van der Waals surface area contributed by atoms with Gasteiger partial charge in [0.1, 0.15) is 11.3 Å². The fourth-order valence-corrected chi connectivity index (χ4v) is 5.23. The molecule has 0 saturated carbocycles. The highest BCUT2D eigenvalue weighted by Crippen LogP contribution is 2.35. The molecule has 1 saturated heterocycles. The first-order valence-electron chi connectivity index (χ1n) is 10.7. The van der Waals surface area contributed by atoms with Crippen molar-refractivity contribution in [2.75, 3.05) is 31.5 Å². The van der Waals surface area contributed by atoms with Crippen LogP contribution < -0.4 is 14.9 Å². The number of halogens is 1. The number of benzene rings is 1. The van der Waals surface area contributed by atoms with Crippen molar-refractivity contribution >= 4 is 38.7 Å². The summed E-state index contributed by atoms with van der Waals surface area (Å²) in [6, 6.07) is 6.69. The van der Waals surface area contributed by atoms with Crippen LogP contribution in [0.3, 0.4) is 0 Å². The molecule has 0 radical (unpaired) electrons. The van der Waals surface area contributed by atoms with E-state index in [1.165, 1.54) is 30.7 Å². The second-order valence-corrected chi connectivity index (χ2v) is 9.81. The van der Waals surface area contributed by atoms with Crippen LogP contribution in [-0.2, 0) is 16.8 Å². The Kier molecular flexibility index (Phi) is 6.54. The van der Waals surface area contributed by atoms with Gasteiger partial charge in [0.25, 0.3) is 11.8 Å². The summed E-state index contributed by atoms with van der Waals surface area (Å²) in [5.74, 6) is -2.53. The molecule has 2 amide bonds.